The summed E-state index contributed by atoms with van der Waals surface area (Å²) in [6, 6.07) is 12.3. The normalized spacial score (nSPS) is 12.5. The third kappa shape index (κ3) is 4.19. The van der Waals surface area contributed by atoms with Gasteiger partial charge in [0.25, 0.3) is 0 Å². The Balaban J connectivity index is 2.09. The van der Waals surface area contributed by atoms with Crippen LogP contribution in [0, 0.1) is 5.82 Å². The molecule has 0 saturated carbocycles. The minimum Gasteiger partial charge on any atom is -0.491 e. The molecule has 21 heavy (non-hydrogen) atoms. The monoisotopic (exact) mass is 307 g/mol. The quantitative estimate of drug-likeness (QED) is 0.882. The van der Waals surface area contributed by atoms with E-state index in [0.717, 1.165) is 11.3 Å². The zero-order chi connectivity index (χ0) is 15.4. The molecule has 1 atom stereocenters. The highest BCUT2D eigenvalue weighted by Crippen LogP contribution is 2.24. The van der Waals surface area contributed by atoms with Crippen LogP contribution in [0.2, 0.25) is 5.02 Å². The second kappa shape index (κ2) is 6.92. The molecule has 0 heterocycles. The lowest BCUT2D eigenvalue weighted by Crippen LogP contribution is -2.14. The fourth-order valence-corrected chi connectivity index (χ4v) is 2.32. The molecule has 2 N–H and O–H groups in total. The molecule has 0 aliphatic carbocycles. The topological polar surface area (TPSA) is 35.2 Å². The molecule has 0 fully saturated rings. The van der Waals surface area contributed by atoms with Crippen molar-refractivity contribution in [2.45, 2.75) is 32.4 Å². The molecule has 0 aromatic heterocycles. The zero-order valence-corrected chi connectivity index (χ0v) is 12.9. The van der Waals surface area contributed by atoms with Gasteiger partial charge in [-0.1, -0.05) is 35.9 Å². The number of ether oxygens (including phenoxy) is 1. The maximum Gasteiger partial charge on any atom is 0.145 e. The first-order valence-corrected chi connectivity index (χ1v) is 7.30. The summed E-state index contributed by atoms with van der Waals surface area (Å²) in [4.78, 5) is 0. The van der Waals surface area contributed by atoms with E-state index in [2.05, 4.69) is 0 Å². The van der Waals surface area contributed by atoms with Gasteiger partial charge in [-0.2, -0.15) is 0 Å². The molecule has 2 aromatic rings. The second-order valence-corrected chi connectivity index (χ2v) is 5.67. The third-order valence-electron chi connectivity index (χ3n) is 3.15. The van der Waals surface area contributed by atoms with E-state index >= 15 is 0 Å². The van der Waals surface area contributed by atoms with Crippen molar-refractivity contribution in [1.29, 1.82) is 0 Å². The van der Waals surface area contributed by atoms with E-state index in [1.807, 2.05) is 38.1 Å². The molecule has 0 saturated heterocycles. The predicted octanol–water partition coefficient (Wildman–Crippen LogP) is 4.51. The molecule has 112 valence electrons. The van der Waals surface area contributed by atoms with Crippen molar-refractivity contribution in [1.82, 2.24) is 0 Å². The fraction of sp³-hybridized carbons (Fsp3) is 0.294. The van der Waals surface area contributed by atoms with Crippen LogP contribution in [-0.2, 0) is 6.42 Å². The SMILES string of the molecule is CC(C)Oc1ccc(C(N)Cc2cccc(Cl)c2F)cc1. The Morgan fingerprint density at radius 1 is 1.14 bits per heavy atom. The van der Waals surface area contributed by atoms with Crippen molar-refractivity contribution in [2.24, 2.45) is 5.73 Å². The van der Waals surface area contributed by atoms with Crippen LogP contribution in [0.1, 0.15) is 31.0 Å². The summed E-state index contributed by atoms with van der Waals surface area (Å²) >= 11 is 5.78. The van der Waals surface area contributed by atoms with Crippen molar-refractivity contribution >= 4 is 11.6 Å². The van der Waals surface area contributed by atoms with Gasteiger partial charge in [-0.05, 0) is 49.6 Å². The Labute approximate surface area is 129 Å². The van der Waals surface area contributed by atoms with Gasteiger partial charge in [-0.3, -0.25) is 0 Å². The highest BCUT2D eigenvalue weighted by molar-refractivity contribution is 6.30. The van der Waals surface area contributed by atoms with E-state index in [1.165, 1.54) is 6.07 Å². The van der Waals surface area contributed by atoms with E-state index < -0.39 is 5.82 Å². The lowest BCUT2D eigenvalue weighted by molar-refractivity contribution is 0.242. The van der Waals surface area contributed by atoms with Crippen LogP contribution in [-0.4, -0.2) is 6.10 Å². The molecule has 0 aliphatic heterocycles. The van der Waals surface area contributed by atoms with E-state index in [0.29, 0.717) is 12.0 Å². The third-order valence-corrected chi connectivity index (χ3v) is 3.44. The zero-order valence-electron chi connectivity index (χ0n) is 12.1. The van der Waals surface area contributed by atoms with Gasteiger partial charge in [0, 0.05) is 6.04 Å². The average molecular weight is 308 g/mol. The van der Waals surface area contributed by atoms with Crippen LogP contribution in [0.3, 0.4) is 0 Å². The Hall–Kier alpha value is -1.58. The maximum absolute atomic E-state index is 13.9. The Morgan fingerprint density at radius 3 is 2.43 bits per heavy atom. The first kappa shape index (κ1) is 15.8. The maximum atomic E-state index is 13.9. The number of rotatable bonds is 5. The number of nitrogens with two attached hydrogens (primary N) is 1. The lowest BCUT2D eigenvalue weighted by atomic mass is 9.99. The van der Waals surface area contributed by atoms with Gasteiger partial charge in [0.05, 0.1) is 11.1 Å². The standard InChI is InChI=1S/C17H19ClFNO/c1-11(2)21-14-8-6-12(7-9-14)16(20)10-13-4-3-5-15(18)17(13)19/h3-9,11,16H,10,20H2,1-2H3. The van der Waals surface area contributed by atoms with Crippen molar-refractivity contribution in [2.75, 3.05) is 0 Å². The average Bonchev–Trinajstić information content (AvgIpc) is 2.44. The molecular weight excluding hydrogens is 289 g/mol. The van der Waals surface area contributed by atoms with Crippen LogP contribution < -0.4 is 10.5 Å². The molecule has 0 spiro atoms. The summed E-state index contributed by atoms with van der Waals surface area (Å²) in [5.74, 6) is 0.407. The Bertz CT molecular complexity index is 598. The molecule has 4 heteroatoms. The van der Waals surface area contributed by atoms with E-state index in [1.54, 1.807) is 12.1 Å². The molecule has 2 rings (SSSR count). The van der Waals surface area contributed by atoms with Gasteiger partial charge in [-0.25, -0.2) is 4.39 Å². The molecule has 2 aromatic carbocycles. The Morgan fingerprint density at radius 2 is 1.81 bits per heavy atom. The smallest absolute Gasteiger partial charge is 0.145 e. The molecule has 0 amide bonds. The Kier molecular flexibility index (Phi) is 5.21. The summed E-state index contributed by atoms with van der Waals surface area (Å²) in [7, 11) is 0. The molecule has 0 aliphatic rings. The largest absolute Gasteiger partial charge is 0.491 e. The lowest BCUT2D eigenvalue weighted by Gasteiger charge is -2.15. The van der Waals surface area contributed by atoms with Gasteiger partial charge < -0.3 is 10.5 Å². The highest BCUT2D eigenvalue weighted by Gasteiger charge is 2.12. The van der Waals surface area contributed by atoms with Crippen molar-refractivity contribution in [3.63, 3.8) is 0 Å². The summed E-state index contributed by atoms with van der Waals surface area (Å²) in [6.07, 6.45) is 0.529. The molecule has 0 bridgehead atoms. The highest BCUT2D eigenvalue weighted by atomic mass is 35.5. The molecular formula is C17H19ClFNO. The summed E-state index contributed by atoms with van der Waals surface area (Å²) in [5.41, 5.74) is 7.61. The summed E-state index contributed by atoms with van der Waals surface area (Å²) in [6.45, 7) is 3.95. The van der Waals surface area contributed by atoms with Gasteiger partial charge in [0.15, 0.2) is 0 Å². The number of benzene rings is 2. The van der Waals surface area contributed by atoms with E-state index in [9.17, 15) is 4.39 Å². The fourth-order valence-electron chi connectivity index (χ4n) is 2.13. The number of hydrogen-bond donors (Lipinski definition) is 1. The van der Waals surface area contributed by atoms with Crippen LogP contribution >= 0.6 is 11.6 Å². The first-order valence-electron chi connectivity index (χ1n) is 6.92. The van der Waals surface area contributed by atoms with Crippen LogP contribution in [0.4, 0.5) is 4.39 Å². The first-order chi connectivity index (χ1) is 9.97. The van der Waals surface area contributed by atoms with Gasteiger partial charge in [-0.15, -0.1) is 0 Å². The van der Waals surface area contributed by atoms with Crippen LogP contribution in [0.5, 0.6) is 5.75 Å². The van der Waals surface area contributed by atoms with Gasteiger partial charge in [0.2, 0.25) is 0 Å². The van der Waals surface area contributed by atoms with Crippen molar-refractivity contribution in [3.05, 3.63) is 64.4 Å². The second-order valence-electron chi connectivity index (χ2n) is 5.26. The minimum atomic E-state index is -0.394. The van der Waals surface area contributed by atoms with Gasteiger partial charge in [0.1, 0.15) is 11.6 Å². The van der Waals surface area contributed by atoms with Crippen molar-refractivity contribution < 1.29 is 9.13 Å². The summed E-state index contributed by atoms with van der Waals surface area (Å²) < 4.78 is 19.5. The van der Waals surface area contributed by atoms with Crippen LogP contribution in [0.25, 0.3) is 0 Å². The van der Waals surface area contributed by atoms with E-state index in [4.69, 9.17) is 22.1 Å². The van der Waals surface area contributed by atoms with Crippen molar-refractivity contribution in [3.8, 4) is 5.75 Å². The molecule has 0 radical (unpaired) electrons. The minimum absolute atomic E-state index is 0.125. The van der Waals surface area contributed by atoms with E-state index in [-0.39, 0.29) is 17.2 Å². The summed E-state index contributed by atoms with van der Waals surface area (Å²) in [5, 5.41) is 0.125. The van der Waals surface area contributed by atoms with Crippen LogP contribution in [0.15, 0.2) is 42.5 Å². The van der Waals surface area contributed by atoms with Gasteiger partial charge >= 0.3 is 0 Å². The molecule has 1 unspecified atom stereocenters. The molecule has 2 nitrogen and oxygen atoms in total. The number of halogens is 2. The number of hydrogen-bond acceptors (Lipinski definition) is 2. The predicted molar refractivity (Wildman–Crippen MR) is 84.2 cm³/mol.